The van der Waals surface area contributed by atoms with Crippen LogP contribution in [0.15, 0.2) is 24.3 Å². The van der Waals surface area contributed by atoms with Gasteiger partial charge in [-0.2, -0.15) is 5.10 Å². The lowest BCUT2D eigenvalue weighted by molar-refractivity contribution is 0.0942. The second kappa shape index (κ2) is 7.08. The first kappa shape index (κ1) is 14.6. The summed E-state index contributed by atoms with van der Waals surface area (Å²) in [6.07, 6.45) is 4.70. The standard InChI is InChI=1S/C16H23N3O/c1-3-5-8-12(4-2)11-17-16(20)15-13-9-6-7-10-14(13)18-19-15/h6-7,9-10,12H,3-5,8,11H2,1-2H3,(H,17,20)(H,18,19). The Morgan fingerprint density at radius 3 is 2.90 bits per heavy atom. The zero-order chi connectivity index (χ0) is 14.4. The summed E-state index contributed by atoms with van der Waals surface area (Å²) in [4.78, 5) is 12.2. The van der Waals surface area contributed by atoms with Gasteiger partial charge in [-0.15, -0.1) is 0 Å². The molecule has 0 aliphatic heterocycles. The van der Waals surface area contributed by atoms with E-state index in [0.29, 0.717) is 11.6 Å². The van der Waals surface area contributed by atoms with Crippen LogP contribution in [0.5, 0.6) is 0 Å². The quantitative estimate of drug-likeness (QED) is 0.811. The molecule has 20 heavy (non-hydrogen) atoms. The van der Waals surface area contributed by atoms with Gasteiger partial charge in [0.15, 0.2) is 5.69 Å². The Hall–Kier alpha value is -1.84. The van der Waals surface area contributed by atoms with Gasteiger partial charge in [0.1, 0.15) is 0 Å². The van der Waals surface area contributed by atoms with Gasteiger partial charge in [-0.3, -0.25) is 9.89 Å². The molecule has 0 fully saturated rings. The third-order valence-electron chi connectivity index (χ3n) is 3.78. The Balaban J connectivity index is 1.98. The van der Waals surface area contributed by atoms with Gasteiger partial charge in [0, 0.05) is 11.9 Å². The molecule has 1 heterocycles. The molecule has 1 amide bonds. The highest BCUT2D eigenvalue weighted by atomic mass is 16.1. The van der Waals surface area contributed by atoms with Crippen molar-refractivity contribution < 1.29 is 4.79 Å². The van der Waals surface area contributed by atoms with Gasteiger partial charge in [0.25, 0.3) is 5.91 Å². The first-order valence-corrected chi connectivity index (χ1v) is 7.47. The Morgan fingerprint density at radius 2 is 2.15 bits per heavy atom. The third-order valence-corrected chi connectivity index (χ3v) is 3.78. The number of nitrogens with zero attached hydrogens (tertiary/aromatic N) is 1. The topological polar surface area (TPSA) is 57.8 Å². The number of aromatic nitrogens is 2. The molecule has 4 heteroatoms. The first-order valence-electron chi connectivity index (χ1n) is 7.47. The molecule has 4 nitrogen and oxygen atoms in total. The first-order chi connectivity index (χ1) is 9.76. The molecule has 0 spiro atoms. The summed E-state index contributed by atoms with van der Waals surface area (Å²) < 4.78 is 0. The van der Waals surface area contributed by atoms with Gasteiger partial charge in [-0.25, -0.2) is 0 Å². The van der Waals surface area contributed by atoms with Crippen molar-refractivity contribution in [3.63, 3.8) is 0 Å². The van der Waals surface area contributed by atoms with E-state index in [9.17, 15) is 4.79 Å². The summed E-state index contributed by atoms with van der Waals surface area (Å²) in [6.45, 7) is 5.11. The Kier molecular flexibility index (Phi) is 5.16. The molecule has 0 aliphatic carbocycles. The van der Waals surface area contributed by atoms with Crippen LogP contribution in [0.1, 0.15) is 50.0 Å². The maximum absolute atomic E-state index is 12.2. The van der Waals surface area contributed by atoms with Gasteiger partial charge in [0.05, 0.1) is 5.52 Å². The van der Waals surface area contributed by atoms with Crippen LogP contribution in [0.4, 0.5) is 0 Å². The fourth-order valence-corrected chi connectivity index (χ4v) is 2.40. The van der Waals surface area contributed by atoms with E-state index in [4.69, 9.17) is 0 Å². The molecule has 0 radical (unpaired) electrons. The predicted octanol–water partition coefficient (Wildman–Crippen LogP) is 3.51. The second-order valence-corrected chi connectivity index (χ2v) is 5.24. The Labute approximate surface area is 120 Å². The molecule has 0 saturated carbocycles. The number of aromatic amines is 1. The largest absolute Gasteiger partial charge is 0.350 e. The average molecular weight is 273 g/mol. The van der Waals surface area contributed by atoms with E-state index in [0.717, 1.165) is 23.9 Å². The van der Waals surface area contributed by atoms with E-state index in [1.165, 1.54) is 19.3 Å². The van der Waals surface area contributed by atoms with Gasteiger partial charge >= 0.3 is 0 Å². The number of hydrogen-bond donors (Lipinski definition) is 2. The normalized spacial score (nSPS) is 12.5. The van der Waals surface area contributed by atoms with Crippen LogP contribution in [0.2, 0.25) is 0 Å². The monoisotopic (exact) mass is 273 g/mol. The van der Waals surface area contributed by atoms with E-state index in [1.54, 1.807) is 0 Å². The van der Waals surface area contributed by atoms with Gasteiger partial charge in [-0.05, 0) is 18.4 Å². The van der Waals surface area contributed by atoms with Crippen LogP contribution in [-0.2, 0) is 0 Å². The number of benzene rings is 1. The Bertz CT molecular complexity index is 562. The summed E-state index contributed by atoms with van der Waals surface area (Å²) >= 11 is 0. The highest BCUT2D eigenvalue weighted by Crippen LogP contribution is 2.15. The molecule has 1 unspecified atom stereocenters. The fraction of sp³-hybridized carbons (Fsp3) is 0.500. The molecule has 0 bridgehead atoms. The Morgan fingerprint density at radius 1 is 1.35 bits per heavy atom. The third kappa shape index (κ3) is 3.38. The zero-order valence-corrected chi connectivity index (χ0v) is 12.3. The molecule has 108 valence electrons. The van der Waals surface area contributed by atoms with Gasteiger partial charge < -0.3 is 5.32 Å². The molecule has 0 aliphatic rings. The molecule has 0 saturated heterocycles. The van der Waals surface area contributed by atoms with Gasteiger partial charge in [-0.1, -0.05) is 51.3 Å². The molecule has 2 rings (SSSR count). The van der Waals surface area contributed by atoms with Crippen LogP contribution in [-0.4, -0.2) is 22.6 Å². The van der Waals surface area contributed by atoms with Crippen LogP contribution >= 0.6 is 0 Å². The van der Waals surface area contributed by atoms with Crippen molar-refractivity contribution in [1.29, 1.82) is 0 Å². The number of fused-ring (bicyclic) bond motifs is 1. The number of amides is 1. The minimum atomic E-state index is -0.0857. The van der Waals surface area contributed by atoms with Crippen molar-refractivity contribution in [3.8, 4) is 0 Å². The highest BCUT2D eigenvalue weighted by Gasteiger charge is 2.15. The van der Waals surface area contributed by atoms with Crippen LogP contribution in [0.3, 0.4) is 0 Å². The average Bonchev–Trinajstić information content (AvgIpc) is 2.91. The van der Waals surface area contributed by atoms with Crippen LogP contribution < -0.4 is 5.32 Å². The SMILES string of the molecule is CCCCC(CC)CNC(=O)c1n[nH]c2ccccc12. The van der Waals surface area contributed by atoms with E-state index < -0.39 is 0 Å². The summed E-state index contributed by atoms with van der Waals surface area (Å²) in [6, 6.07) is 7.70. The number of H-pyrrole nitrogens is 1. The minimum Gasteiger partial charge on any atom is -0.350 e. The van der Waals surface area contributed by atoms with Crippen molar-refractivity contribution in [2.24, 2.45) is 5.92 Å². The second-order valence-electron chi connectivity index (χ2n) is 5.24. The van der Waals surface area contributed by atoms with Crippen molar-refractivity contribution in [2.45, 2.75) is 39.5 Å². The molecular formula is C16H23N3O. The molecule has 2 N–H and O–H groups in total. The van der Waals surface area contributed by atoms with E-state index >= 15 is 0 Å². The lowest BCUT2D eigenvalue weighted by Gasteiger charge is -2.14. The van der Waals surface area contributed by atoms with Crippen molar-refractivity contribution in [3.05, 3.63) is 30.0 Å². The van der Waals surface area contributed by atoms with E-state index in [1.807, 2.05) is 24.3 Å². The number of rotatable bonds is 7. The lowest BCUT2D eigenvalue weighted by Crippen LogP contribution is -2.29. The summed E-state index contributed by atoms with van der Waals surface area (Å²) in [5, 5.41) is 10.9. The van der Waals surface area contributed by atoms with Crippen molar-refractivity contribution >= 4 is 16.8 Å². The summed E-state index contributed by atoms with van der Waals surface area (Å²) in [5.74, 6) is 0.474. The molecule has 2 aromatic rings. The number of unbranched alkanes of at least 4 members (excludes halogenated alkanes) is 1. The number of para-hydroxylation sites is 1. The number of nitrogens with one attached hydrogen (secondary N) is 2. The van der Waals surface area contributed by atoms with Crippen LogP contribution in [0.25, 0.3) is 10.9 Å². The molecule has 1 aromatic carbocycles. The maximum atomic E-state index is 12.2. The minimum absolute atomic E-state index is 0.0857. The molecular weight excluding hydrogens is 250 g/mol. The number of carbonyl (C=O) groups is 1. The number of carbonyl (C=O) groups excluding carboxylic acids is 1. The highest BCUT2D eigenvalue weighted by molar-refractivity contribution is 6.04. The molecule has 1 atom stereocenters. The maximum Gasteiger partial charge on any atom is 0.272 e. The van der Waals surface area contributed by atoms with Crippen molar-refractivity contribution in [2.75, 3.05) is 6.54 Å². The molecule has 1 aromatic heterocycles. The lowest BCUT2D eigenvalue weighted by atomic mass is 9.99. The fourth-order valence-electron chi connectivity index (χ4n) is 2.40. The summed E-state index contributed by atoms with van der Waals surface area (Å²) in [7, 11) is 0. The smallest absolute Gasteiger partial charge is 0.272 e. The number of hydrogen-bond acceptors (Lipinski definition) is 2. The van der Waals surface area contributed by atoms with E-state index in [-0.39, 0.29) is 5.91 Å². The summed E-state index contributed by atoms with van der Waals surface area (Å²) in [5.41, 5.74) is 1.39. The van der Waals surface area contributed by atoms with Crippen LogP contribution in [0, 0.1) is 5.92 Å². The van der Waals surface area contributed by atoms with E-state index in [2.05, 4.69) is 29.4 Å². The predicted molar refractivity (Wildman–Crippen MR) is 81.7 cm³/mol. The van der Waals surface area contributed by atoms with Crippen molar-refractivity contribution in [1.82, 2.24) is 15.5 Å². The zero-order valence-electron chi connectivity index (χ0n) is 12.3. The van der Waals surface area contributed by atoms with Gasteiger partial charge in [0.2, 0.25) is 0 Å².